The van der Waals surface area contributed by atoms with Crippen LogP contribution in [0.15, 0.2) is 24.3 Å². The maximum atomic E-state index is 12.9. The van der Waals surface area contributed by atoms with Gasteiger partial charge >= 0.3 is 22.4 Å². The van der Waals surface area contributed by atoms with Gasteiger partial charge in [-0.3, -0.25) is 0 Å². The molecule has 0 aliphatic heterocycles. The molecule has 1 aromatic rings. The lowest BCUT2D eigenvalue weighted by molar-refractivity contribution is 0.0477. The van der Waals surface area contributed by atoms with Crippen LogP contribution < -0.4 is 19.5 Å². The standard InChI is InChI=1S/C23H37N3O7S/c1-21(2,3)32-19(27)24-17-11-13-23(14-12-17,16-9-8-10-18(15-16)31-7)26-34(29,30)25-20(28)33-22(4,5)6/h8-10,15,17,26H,11-14H2,1-7H3,(H,24,27)(H,25,28). The molecular weight excluding hydrogens is 462 g/mol. The van der Waals surface area contributed by atoms with Crippen molar-refractivity contribution in [1.82, 2.24) is 14.8 Å². The summed E-state index contributed by atoms with van der Waals surface area (Å²) in [6.07, 6.45) is 0.141. The van der Waals surface area contributed by atoms with Gasteiger partial charge in [-0.05, 0) is 84.9 Å². The van der Waals surface area contributed by atoms with Gasteiger partial charge in [0.15, 0.2) is 0 Å². The molecule has 1 saturated carbocycles. The third-order valence-electron chi connectivity index (χ3n) is 5.13. The molecule has 3 N–H and O–H groups in total. The summed E-state index contributed by atoms with van der Waals surface area (Å²) in [6, 6.07) is 6.92. The quantitative estimate of drug-likeness (QED) is 0.543. The Morgan fingerprint density at radius 1 is 0.971 bits per heavy atom. The van der Waals surface area contributed by atoms with Crippen LogP contribution in [0.5, 0.6) is 5.75 Å². The van der Waals surface area contributed by atoms with Crippen LogP contribution in [0.2, 0.25) is 0 Å². The van der Waals surface area contributed by atoms with E-state index < -0.39 is 39.1 Å². The lowest BCUT2D eigenvalue weighted by atomic mass is 9.75. The SMILES string of the molecule is COc1cccc(C2(NS(=O)(=O)NC(=O)OC(C)(C)C)CCC(NC(=O)OC(C)(C)C)CC2)c1. The lowest BCUT2D eigenvalue weighted by Crippen LogP contribution is -2.55. The highest BCUT2D eigenvalue weighted by molar-refractivity contribution is 7.88. The third-order valence-corrected chi connectivity index (χ3v) is 6.22. The predicted molar refractivity (Wildman–Crippen MR) is 128 cm³/mol. The fraction of sp³-hybridized carbons (Fsp3) is 0.652. The zero-order valence-electron chi connectivity index (χ0n) is 21.0. The minimum Gasteiger partial charge on any atom is -0.497 e. The maximum absolute atomic E-state index is 12.9. The molecule has 0 saturated heterocycles. The van der Waals surface area contributed by atoms with Crippen LogP contribution in [0.3, 0.4) is 0 Å². The van der Waals surface area contributed by atoms with Gasteiger partial charge in [-0.2, -0.15) is 13.1 Å². The Morgan fingerprint density at radius 2 is 1.53 bits per heavy atom. The molecule has 11 heteroatoms. The van der Waals surface area contributed by atoms with Gasteiger partial charge in [-0.1, -0.05) is 12.1 Å². The van der Waals surface area contributed by atoms with Crippen molar-refractivity contribution in [1.29, 1.82) is 0 Å². The summed E-state index contributed by atoms with van der Waals surface area (Å²) in [4.78, 5) is 24.3. The molecule has 10 nitrogen and oxygen atoms in total. The van der Waals surface area contributed by atoms with E-state index in [1.54, 1.807) is 65.8 Å². The van der Waals surface area contributed by atoms with Gasteiger partial charge in [0.05, 0.1) is 12.6 Å². The number of methoxy groups -OCH3 is 1. The predicted octanol–water partition coefficient (Wildman–Crippen LogP) is 3.72. The minimum atomic E-state index is -4.27. The Labute approximate surface area is 202 Å². The van der Waals surface area contributed by atoms with Gasteiger partial charge in [0, 0.05) is 6.04 Å². The van der Waals surface area contributed by atoms with E-state index in [4.69, 9.17) is 14.2 Å². The van der Waals surface area contributed by atoms with Crippen molar-refractivity contribution in [3.8, 4) is 5.75 Å². The molecule has 34 heavy (non-hydrogen) atoms. The Kier molecular flexibility index (Phi) is 8.47. The summed E-state index contributed by atoms with van der Waals surface area (Å²) < 4.78 is 46.1. The molecule has 1 fully saturated rings. The van der Waals surface area contributed by atoms with Gasteiger partial charge in [0.2, 0.25) is 0 Å². The van der Waals surface area contributed by atoms with Gasteiger partial charge in [0.1, 0.15) is 17.0 Å². The second-order valence-electron chi connectivity index (χ2n) is 10.4. The van der Waals surface area contributed by atoms with Crippen LogP contribution in [0.4, 0.5) is 9.59 Å². The zero-order valence-corrected chi connectivity index (χ0v) is 21.8. The number of ether oxygens (including phenoxy) is 3. The molecule has 0 radical (unpaired) electrons. The Bertz CT molecular complexity index is 973. The number of carbonyl (C=O) groups is 2. The summed E-state index contributed by atoms with van der Waals surface area (Å²) in [5.41, 5.74) is -1.80. The molecule has 0 spiro atoms. The number of hydrogen-bond acceptors (Lipinski definition) is 7. The average molecular weight is 500 g/mol. The Balaban J connectivity index is 2.23. The van der Waals surface area contributed by atoms with Crippen molar-refractivity contribution in [2.45, 2.75) is 90.0 Å². The highest BCUT2D eigenvalue weighted by Gasteiger charge is 2.41. The molecule has 1 aliphatic rings. The molecular formula is C23H37N3O7S. The van der Waals surface area contributed by atoms with E-state index in [9.17, 15) is 18.0 Å². The molecule has 0 aromatic heterocycles. The smallest absolute Gasteiger partial charge is 0.422 e. The summed E-state index contributed by atoms with van der Waals surface area (Å²) in [6.45, 7) is 10.3. The van der Waals surface area contributed by atoms with Crippen molar-refractivity contribution in [3.05, 3.63) is 29.8 Å². The molecule has 0 heterocycles. The van der Waals surface area contributed by atoms with Crippen LogP contribution in [0.25, 0.3) is 0 Å². The molecule has 1 aromatic carbocycles. The summed E-state index contributed by atoms with van der Waals surface area (Å²) in [7, 11) is -2.74. The van der Waals surface area contributed by atoms with Gasteiger partial charge in [-0.25, -0.2) is 14.3 Å². The van der Waals surface area contributed by atoms with Gasteiger partial charge in [-0.15, -0.1) is 0 Å². The van der Waals surface area contributed by atoms with Gasteiger partial charge in [0.25, 0.3) is 0 Å². The number of hydrogen-bond donors (Lipinski definition) is 3. The van der Waals surface area contributed by atoms with Crippen molar-refractivity contribution in [2.24, 2.45) is 0 Å². The van der Waals surface area contributed by atoms with E-state index in [0.29, 0.717) is 37.0 Å². The molecule has 0 atom stereocenters. The molecule has 0 bridgehead atoms. The first-order valence-corrected chi connectivity index (χ1v) is 12.7. The summed E-state index contributed by atoms with van der Waals surface area (Å²) in [5.74, 6) is 0.574. The van der Waals surface area contributed by atoms with E-state index in [1.165, 1.54) is 7.11 Å². The Morgan fingerprint density at radius 3 is 2.06 bits per heavy atom. The lowest BCUT2D eigenvalue weighted by Gasteiger charge is -2.41. The number of carbonyl (C=O) groups excluding carboxylic acids is 2. The summed E-state index contributed by atoms with van der Waals surface area (Å²) in [5, 5.41) is 2.86. The second kappa shape index (κ2) is 10.4. The van der Waals surface area contributed by atoms with E-state index >= 15 is 0 Å². The van der Waals surface area contributed by atoms with E-state index in [-0.39, 0.29) is 6.04 Å². The largest absolute Gasteiger partial charge is 0.497 e. The number of nitrogens with one attached hydrogen (secondary N) is 3. The monoisotopic (exact) mass is 499 g/mol. The topological polar surface area (TPSA) is 132 Å². The van der Waals surface area contributed by atoms with E-state index in [0.717, 1.165) is 0 Å². The molecule has 1 aliphatic carbocycles. The number of rotatable bonds is 6. The summed E-state index contributed by atoms with van der Waals surface area (Å²) >= 11 is 0. The number of benzene rings is 1. The maximum Gasteiger partial charge on any atom is 0.422 e. The molecule has 2 rings (SSSR count). The first-order chi connectivity index (χ1) is 15.5. The van der Waals surface area contributed by atoms with Crippen molar-refractivity contribution in [2.75, 3.05) is 7.11 Å². The van der Waals surface area contributed by atoms with Crippen LogP contribution in [0, 0.1) is 0 Å². The van der Waals surface area contributed by atoms with Gasteiger partial charge < -0.3 is 19.5 Å². The molecule has 2 amide bonds. The fourth-order valence-electron chi connectivity index (χ4n) is 3.79. The van der Waals surface area contributed by atoms with Crippen LogP contribution in [0.1, 0.15) is 72.8 Å². The molecule has 192 valence electrons. The molecule has 0 unspecified atom stereocenters. The normalized spacial score (nSPS) is 21.3. The highest BCUT2D eigenvalue weighted by atomic mass is 32.2. The number of amides is 2. The number of alkyl carbamates (subject to hydrolysis) is 1. The third kappa shape index (κ3) is 8.68. The zero-order chi connectivity index (χ0) is 25.8. The van der Waals surface area contributed by atoms with Crippen LogP contribution in [-0.2, 0) is 25.2 Å². The fourth-order valence-corrected chi connectivity index (χ4v) is 4.94. The average Bonchev–Trinajstić information content (AvgIpc) is 2.66. The Hall–Kier alpha value is -2.53. The first-order valence-electron chi connectivity index (χ1n) is 11.2. The van der Waals surface area contributed by atoms with Crippen molar-refractivity contribution >= 4 is 22.4 Å². The van der Waals surface area contributed by atoms with Crippen LogP contribution in [-0.4, -0.2) is 45.0 Å². The van der Waals surface area contributed by atoms with Crippen molar-refractivity contribution in [3.63, 3.8) is 0 Å². The van der Waals surface area contributed by atoms with E-state index in [1.807, 2.05) is 4.72 Å². The van der Waals surface area contributed by atoms with E-state index in [2.05, 4.69) is 10.0 Å². The highest BCUT2D eigenvalue weighted by Crippen LogP contribution is 2.39. The second-order valence-corrected chi connectivity index (χ2v) is 11.9. The minimum absolute atomic E-state index is 0.183. The first kappa shape index (κ1) is 27.7. The van der Waals surface area contributed by atoms with Crippen molar-refractivity contribution < 1.29 is 32.2 Å². The van der Waals surface area contributed by atoms with Crippen LogP contribution >= 0.6 is 0 Å².